The molecule has 0 N–H and O–H groups in total. The average Bonchev–Trinajstić information content (AvgIpc) is 3.24. The summed E-state index contributed by atoms with van der Waals surface area (Å²) in [5.74, 6) is 2.94. The third-order valence-electron chi connectivity index (χ3n) is 6.68. The number of ether oxygens (including phenoxy) is 3. The number of hydrogen-bond acceptors (Lipinski definition) is 7. The van der Waals surface area contributed by atoms with Crippen molar-refractivity contribution < 1.29 is 14.2 Å². The number of fused-ring (bicyclic) bond motifs is 3. The third-order valence-corrected chi connectivity index (χ3v) is 6.68. The number of methoxy groups -OCH3 is 1. The van der Waals surface area contributed by atoms with Gasteiger partial charge in [0.1, 0.15) is 11.6 Å². The molecule has 0 amide bonds. The Kier molecular flexibility index (Phi) is 6.28. The zero-order chi connectivity index (χ0) is 22.8. The summed E-state index contributed by atoms with van der Waals surface area (Å²) in [7, 11) is 1.71. The largest absolute Gasteiger partial charge is 0.492 e. The van der Waals surface area contributed by atoms with Crippen LogP contribution in [0, 0.1) is 11.8 Å². The van der Waals surface area contributed by atoms with Gasteiger partial charge in [0, 0.05) is 54.9 Å². The number of nitrogens with zero attached hydrogens (tertiary/aromatic N) is 5. The van der Waals surface area contributed by atoms with Gasteiger partial charge < -0.3 is 19.1 Å². The molecular weight excluding hydrogens is 418 g/mol. The Hall–Kier alpha value is -2.97. The fraction of sp³-hybridized carbons (Fsp3) is 0.480. The highest BCUT2D eigenvalue weighted by molar-refractivity contribution is 5.83. The summed E-state index contributed by atoms with van der Waals surface area (Å²) in [5.41, 5.74) is 4.10. The number of aliphatic imine (C=N–C) groups is 1. The van der Waals surface area contributed by atoms with E-state index in [1.54, 1.807) is 7.11 Å². The smallest absolute Gasteiger partial charge is 0.138 e. The lowest BCUT2D eigenvalue weighted by Gasteiger charge is -2.53. The van der Waals surface area contributed by atoms with Gasteiger partial charge in [-0.3, -0.25) is 4.99 Å². The van der Waals surface area contributed by atoms with Crippen LogP contribution in [0.5, 0.6) is 5.75 Å². The van der Waals surface area contributed by atoms with Crippen molar-refractivity contribution in [3.8, 4) is 16.9 Å². The van der Waals surface area contributed by atoms with E-state index < -0.39 is 0 Å². The van der Waals surface area contributed by atoms with E-state index in [0.29, 0.717) is 44.3 Å². The predicted octanol–water partition coefficient (Wildman–Crippen LogP) is 3.48. The van der Waals surface area contributed by atoms with E-state index in [9.17, 15) is 0 Å². The quantitative estimate of drug-likeness (QED) is 0.349. The van der Waals surface area contributed by atoms with Gasteiger partial charge in [-0.15, -0.1) is 0 Å². The molecule has 1 aliphatic carbocycles. The van der Waals surface area contributed by atoms with Gasteiger partial charge >= 0.3 is 0 Å². The fourth-order valence-corrected chi connectivity index (χ4v) is 5.17. The Morgan fingerprint density at radius 3 is 2.73 bits per heavy atom. The first-order valence-electron chi connectivity index (χ1n) is 11.6. The summed E-state index contributed by atoms with van der Waals surface area (Å²) in [6.45, 7) is 10.0. The fourth-order valence-electron chi connectivity index (χ4n) is 5.17. The van der Waals surface area contributed by atoms with Crippen molar-refractivity contribution in [3.63, 3.8) is 0 Å². The molecule has 6 rings (SSSR count). The van der Waals surface area contributed by atoms with Crippen molar-refractivity contribution in [2.24, 2.45) is 16.8 Å². The molecule has 33 heavy (non-hydrogen) atoms. The summed E-state index contributed by atoms with van der Waals surface area (Å²) in [6.07, 6.45) is 7.31. The molecule has 2 saturated heterocycles. The van der Waals surface area contributed by atoms with Gasteiger partial charge in [0.05, 0.1) is 50.4 Å². The standard InChI is InChI=1S/C25H31N5O3/c1-4-32-21-10-22(24-20(11-26-2)13-28-30(24)16-21)17-5-6-23(27-12-17)29-14-18-9-19(15-29)25(18)33-8-7-31-3/h5-6,10,12-13,16,18-19,25H,2,4,7-9,11,14-15H2,1,3H3. The lowest BCUT2D eigenvalue weighted by molar-refractivity contribution is -0.112. The molecule has 0 radical (unpaired) electrons. The van der Waals surface area contributed by atoms with Gasteiger partial charge in [-0.25, -0.2) is 9.50 Å². The number of rotatable bonds is 10. The third kappa shape index (κ3) is 4.20. The van der Waals surface area contributed by atoms with Crippen LogP contribution in [0.15, 0.2) is 41.8 Å². The Morgan fingerprint density at radius 1 is 1.18 bits per heavy atom. The summed E-state index contributed by atoms with van der Waals surface area (Å²) >= 11 is 0. The van der Waals surface area contributed by atoms with Crippen LogP contribution in [0.2, 0.25) is 0 Å². The van der Waals surface area contributed by atoms with E-state index in [0.717, 1.165) is 46.9 Å². The minimum Gasteiger partial charge on any atom is -0.492 e. The van der Waals surface area contributed by atoms with Gasteiger partial charge in [-0.1, -0.05) is 0 Å². The first kappa shape index (κ1) is 21.9. The molecule has 8 nitrogen and oxygen atoms in total. The summed E-state index contributed by atoms with van der Waals surface area (Å²) < 4.78 is 18.8. The number of anilines is 1. The zero-order valence-electron chi connectivity index (χ0n) is 19.3. The van der Waals surface area contributed by atoms with E-state index in [1.807, 2.05) is 30.0 Å². The van der Waals surface area contributed by atoms with Gasteiger partial charge in [0.15, 0.2) is 0 Å². The zero-order valence-corrected chi connectivity index (χ0v) is 19.3. The van der Waals surface area contributed by atoms with Gasteiger partial charge in [-0.2, -0.15) is 5.10 Å². The van der Waals surface area contributed by atoms with Gasteiger partial charge in [0.2, 0.25) is 0 Å². The molecule has 174 valence electrons. The Labute approximate surface area is 194 Å². The lowest BCUT2D eigenvalue weighted by atomic mass is 9.68. The molecule has 3 aromatic rings. The van der Waals surface area contributed by atoms with Gasteiger partial charge in [-0.05, 0) is 38.3 Å². The number of hydrogen-bond donors (Lipinski definition) is 0. The second-order valence-corrected chi connectivity index (χ2v) is 8.76. The predicted molar refractivity (Wildman–Crippen MR) is 128 cm³/mol. The minimum absolute atomic E-state index is 0.365. The highest BCUT2D eigenvalue weighted by atomic mass is 16.5. The van der Waals surface area contributed by atoms with Crippen LogP contribution in [0.4, 0.5) is 5.82 Å². The number of piperidine rings is 2. The van der Waals surface area contributed by atoms with Crippen LogP contribution < -0.4 is 9.64 Å². The Bertz CT molecular complexity index is 1100. The SMILES string of the molecule is C=NCc1cnn2cc(OCC)cc(-c3ccc(N4CC5CC(C4)C5OCCOC)nc3)c12. The van der Waals surface area contributed by atoms with Crippen molar-refractivity contribution >= 4 is 18.1 Å². The van der Waals surface area contributed by atoms with Crippen molar-refractivity contribution in [3.05, 3.63) is 42.4 Å². The highest BCUT2D eigenvalue weighted by Crippen LogP contribution is 2.43. The van der Waals surface area contributed by atoms with Crippen LogP contribution in [0.1, 0.15) is 18.9 Å². The first-order valence-corrected chi connectivity index (χ1v) is 11.6. The Balaban J connectivity index is 1.37. The van der Waals surface area contributed by atoms with E-state index in [1.165, 1.54) is 6.42 Å². The second-order valence-electron chi connectivity index (χ2n) is 8.76. The number of aromatic nitrogens is 3. The summed E-state index contributed by atoms with van der Waals surface area (Å²) in [6, 6.07) is 6.31. The maximum Gasteiger partial charge on any atom is 0.138 e. The molecule has 3 aromatic heterocycles. The maximum absolute atomic E-state index is 6.04. The molecule has 2 atom stereocenters. The molecule has 5 heterocycles. The molecule has 1 saturated carbocycles. The number of pyridine rings is 2. The molecule has 2 aliphatic heterocycles. The lowest BCUT2D eigenvalue weighted by Crippen LogP contribution is -2.59. The highest BCUT2D eigenvalue weighted by Gasteiger charge is 2.47. The molecule has 2 unspecified atom stereocenters. The molecular formula is C25H31N5O3. The monoisotopic (exact) mass is 449 g/mol. The maximum atomic E-state index is 6.04. The molecule has 3 aliphatic rings. The molecule has 8 heteroatoms. The molecule has 0 spiro atoms. The van der Waals surface area contributed by atoms with Gasteiger partial charge in [0.25, 0.3) is 0 Å². The van der Waals surface area contributed by atoms with Crippen LogP contribution >= 0.6 is 0 Å². The van der Waals surface area contributed by atoms with Crippen molar-refractivity contribution in [1.82, 2.24) is 14.6 Å². The summed E-state index contributed by atoms with van der Waals surface area (Å²) in [5, 5.41) is 4.50. The average molecular weight is 450 g/mol. The molecule has 0 aromatic carbocycles. The first-order chi connectivity index (χ1) is 16.2. The topological polar surface area (TPSA) is 73.5 Å². The van der Waals surface area contributed by atoms with Crippen molar-refractivity contribution in [1.29, 1.82) is 0 Å². The molecule has 3 fully saturated rings. The van der Waals surface area contributed by atoms with E-state index in [-0.39, 0.29) is 0 Å². The van der Waals surface area contributed by atoms with Crippen LogP contribution in [-0.2, 0) is 16.0 Å². The Morgan fingerprint density at radius 2 is 2.03 bits per heavy atom. The van der Waals surface area contributed by atoms with Crippen molar-refractivity contribution in [2.75, 3.05) is 44.9 Å². The van der Waals surface area contributed by atoms with E-state index in [4.69, 9.17) is 19.2 Å². The normalized spacial score (nSPS) is 21.8. The minimum atomic E-state index is 0.365. The molecule has 2 bridgehead atoms. The van der Waals surface area contributed by atoms with Crippen LogP contribution in [-0.4, -0.2) is 67.4 Å². The second kappa shape index (κ2) is 9.49. The summed E-state index contributed by atoms with van der Waals surface area (Å²) in [4.78, 5) is 11.3. The van der Waals surface area contributed by atoms with E-state index in [2.05, 4.69) is 39.9 Å². The van der Waals surface area contributed by atoms with Crippen LogP contribution in [0.3, 0.4) is 0 Å². The van der Waals surface area contributed by atoms with Crippen molar-refractivity contribution in [2.45, 2.75) is 26.0 Å². The van der Waals surface area contributed by atoms with E-state index >= 15 is 0 Å². The van der Waals surface area contributed by atoms with Crippen LogP contribution in [0.25, 0.3) is 16.6 Å².